The Morgan fingerprint density at radius 1 is 1.12 bits per heavy atom. The highest BCUT2D eigenvalue weighted by Crippen LogP contribution is 2.48. The number of nitrogens with zero attached hydrogens (tertiary/aromatic N) is 3. The van der Waals surface area contributed by atoms with Gasteiger partial charge in [-0.3, -0.25) is 4.31 Å². The molecule has 2 aromatic carbocycles. The largest absolute Gasteiger partial charge is 0.454 e. The van der Waals surface area contributed by atoms with Crippen LogP contribution in [0.5, 0.6) is 17.2 Å². The number of aromatic nitrogens is 2. The fraction of sp³-hybridized carbons (Fsp3) is 0.208. The van der Waals surface area contributed by atoms with Crippen molar-refractivity contribution < 1.29 is 23.0 Å². The van der Waals surface area contributed by atoms with Crippen molar-refractivity contribution in [2.75, 3.05) is 13.0 Å². The zero-order valence-electron chi connectivity index (χ0n) is 18.0. The van der Waals surface area contributed by atoms with Crippen molar-refractivity contribution in [3.63, 3.8) is 0 Å². The van der Waals surface area contributed by atoms with Gasteiger partial charge in [-0.1, -0.05) is 13.0 Å². The van der Waals surface area contributed by atoms with Crippen molar-refractivity contribution >= 4 is 11.9 Å². The van der Waals surface area contributed by atoms with Crippen LogP contribution in [0.3, 0.4) is 0 Å². The Labute approximate surface area is 194 Å². The van der Waals surface area contributed by atoms with Gasteiger partial charge in [0.1, 0.15) is 17.6 Å². The number of halogens is 2. The Balaban J connectivity index is 1.51. The van der Waals surface area contributed by atoms with E-state index < -0.39 is 17.7 Å². The fourth-order valence-electron chi connectivity index (χ4n) is 3.89. The smallest absolute Gasteiger partial charge is 0.243 e. The van der Waals surface area contributed by atoms with Gasteiger partial charge in [0.25, 0.3) is 0 Å². The van der Waals surface area contributed by atoms with E-state index in [0.29, 0.717) is 22.8 Å². The Kier molecular flexibility index (Phi) is 5.72. The van der Waals surface area contributed by atoms with Gasteiger partial charge in [0.15, 0.2) is 17.3 Å². The summed E-state index contributed by atoms with van der Waals surface area (Å²) in [6, 6.07) is 11.5. The van der Waals surface area contributed by atoms with Crippen molar-refractivity contribution in [2.45, 2.75) is 19.4 Å². The van der Waals surface area contributed by atoms with E-state index in [-0.39, 0.29) is 24.7 Å². The van der Waals surface area contributed by atoms with Gasteiger partial charge >= 0.3 is 0 Å². The second-order valence-corrected chi connectivity index (χ2v) is 8.15. The minimum absolute atomic E-state index is 0.00648. The van der Waals surface area contributed by atoms with Crippen LogP contribution in [0.2, 0.25) is 0 Å². The first-order chi connectivity index (χ1) is 16.1. The van der Waals surface area contributed by atoms with Gasteiger partial charge < -0.3 is 18.8 Å². The van der Waals surface area contributed by atoms with Crippen molar-refractivity contribution in [1.82, 2.24) is 13.9 Å². The van der Waals surface area contributed by atoms with Crippen LogP contribution in [0.4, 0.5) is 8.78 Å². The predicted molar refractivity (Wildman–Crippen MR) is 121 cm³/mol. The van der Waals surface area contributed by atoms with Crippen LogP contribution in [0.1, 0.15) is 24.9 Å². The number of fused-ring (bicyclic) bond motifs is 1. The molecule has 5 rings (SSSR count). The van der Waals surface area contributed by atoms with E-state index in [1.165, 1.54) is 16.3 Å². The summed E-state index contributed by atoms with van der Waals surface area (Å²) >= 11 is 1.18. The quantitative estimate of drug-likeness (QED) is 0.408. The average molecular weight is 470 g/mol. The topological polar surface area (TPSA) is 48.8 Å². The van der Waals surface area contributed by atoms with Crippen LogP contribution < -0.4 is 14.2 Å². The van der Waals surface area contributed by atoms with Crippen LogP contribution in [0.15, 0.2) is 84.3 Å². The third kappa shape index (κ3) is 3.82. The summed E-state index contributed by atoms with van der Waals surface area (Å²) in [4.78, 5) is 4.04. The third-order valence-electron chi connectivity index (χ3n) is 5.53. The highest BCUT2D eigenvalue weighted by molar-refractivity contribution is 7.96. The molecule has 3 heterocycles. The molecule has 0 N–H and O–H groups in total. The Morgan fingerprint density at radius 2 is 1.91 bits per heavy atom. The van der Waals surface area contributed by atoms with Crippen LogP contribution in [0.25, 0.3) is 5.69 Å². The lowest BCUT2D eigenvalue weighted by molar-refractivity contribution is 0.174. The molecule has 1 aromatic heterocycles. The Bertz CT molecular complexity index is 1230. The predicted octanol–water partition coefficient (Wildman–Crippen LogP) is 6.09. The van der Waals surface area contributed by atoms with E-state index in [1.54, 1.807) is 56.0 Å². The molecule has 0 saturated carbocycles. The summed E-state index contributed by atoms with van der Waals surface area (Å²) < 4.78 is 51.2. The average Bonchev–Trinajstić information content (AvgIpc) is 3.53. The van der Waals surface area contributed by atoms with Gasteiger partial charge in [0.2, 0.25) is 12.7 Å². The van der Waals surface area contributed by atoms with E-state index in [9.17, 15) is 0 Å². The fourth-order valence-corrected chi connectivity index (χ4v) is 4.60. The normalized spacial score (nSPS) is 17.7. The van der Waals surface area contributed by atoms with Crippen LogP contribution in [0, 0.1) is 0 Å². The van der Waals surface area contributed by atoms with Gasteiger partial charge in [-0.2, -0.15) is 0 Å². The second kappa shape index (κ2) is 8.82. The van der Waals surface area contributed by atoms with Crippen molar-refractivity contribution in [2.24, 2.45) is 0 Å². The van der Waals surface area contributed by atoms with E-state index in [2.05, 4.69) is 4.98 Å². The molecule has 0 radical (unpaired) electrons. The molecular weight excluding hydrogens is 448 g/mol. The van der Waals surface area contributed by atoms with Crippen LogP contribution >= 0.6 is 11.9 Å². The zero-order chi connectivity index (χ0) is 22.9. The Hall–Kier alpha value is -3.46. The first kappa shape index (κ1) is 21.4. The molecule has 170 valence electrons. The monoisotopic (exact) mass is 469 g/mol. The van der Waals surface area contributed by atoms with Crippen molar-refractivity contribution in [1.29, 1.82) is 0 Å². The summed E-state index contributed by atoms with van der Waals surface area (Å²) in [5.74, 6) is 0.267. The minimum atomic E-state index is -0.871. The van der Waals surface area contributed by atoms with E-state index in [4.69, 9.17) is 14.2 Å². The van der Waals surface area contributed by atoms with Gasteiger partial charge in [-0.15, -0.1) is 0 Å². The Morgan fingerprint density at radius 3 is 2.61 bits per heavy atom. The number of imidazole rings is 1. The molecule has 9 heteroatoms. The molecular formula is C24H21F2N3O3S. The molecule has 0 amide bonds. The maximum Gasteiger partial charge on any atom is 0.243 e. The molecule has 0 bridgehead atoms. The summed E-state index contributed by atoms with van der Waals surface area (Å²) in [7, 11) is 0. The summed E-state index contributed by atoms with van der Waals surface area (Å²) in [5, 5.41) is 0. The van der Waals surface area contributed by atoms with Gasteiger partial charge in [-0.25, -0.2) is 13.8 Å². The highest BCUT2D eigenvalue weighted by Gasteiger charge is 2.39. The van der Waals surface area contributed by atoms with Crippen LogP contribution in [-0.2, 0) is 0 Å². The van der Waals surface area contributed by atoms with Crippen molar-refractivity contribution in [3.05, 3.63) is 89.9 Å². The zero-order valence-corrected chi connectivity index (χ0v) is 18.8. The van der Waals surface area contributed by atoms with Crippen LogP contribution in [-0.4, -0.2) is 26.9 Å². The maximum absolute atomic E-state index is 15.6. The van der Waals surface area contributed by atoms with E-state index in [0.717, 1.165) is 5.69 Å². The molecule has 2 aliphatic rings. The highest BCUT2D eigenvalue weighted by atomic mass is 32.2. The van der Waals surface area contributed by atoms with Gasteiger partial charge in [0.05, 0.1) is 6.33 Å². The molecule has 1 atom stereocenters. The molecule has 0 fully saturated rings. The van der Waals surface area contributed by atoms with Crippen molar-refractivity contribution in [3.8, 4) is 22.9 Å². The lowest BCUT2D eigenvalue weighted by Crippen LogP contribution is -2.30. The molecule has 2 aliphatic heterocycles. The summed E-state index contributed by atoms with van der Waals surface area (Å²) in [6.07, 6.45) is 7.14. The lowest BCUT2D eigenvalue weighted by Gasteiger charge is -2.36. The minimum Gasteiger partial charge on any atom is -0.454 e. The first-order valence-corrected chi connectivity index (χ1v) is 11.6. The second-order valence-electron chi connectivity index (χ2n) is 7.39. The standard InChI is InChI=1S/C24H21F2N3O3S/c1-3-18-21(25)23(15-4-9-19-20(12-15)31-14-30-19)29(33-2)24(22(18)26)32-17-7-5-16(6-8-17)28-11-10-27-13-28/h4-13,23H,3,14H2,1-2H3. The number of ether oxygens (including phenoxy) is 3. The number of rotatable bonds is 6. The van der Waals surface area contributed by atoms with E-state index in [1.807, 2.05) is 22.9 Å². The number of allylic oxidation sites excluding steroid dienone is 2. The molecule has 33 heavy (non-hydrogen) atoms. The SMILES string of the molecule is CCC1=C(F)C(c2ccc3c(c2)OCO3)N(SC)C(Oc2ccc(-n3ccnc3)cc2)=C1F. The van der Waals surface area contributed by atoms with Gasteiger partial charge in [0, 0.05) is 29.9 Å². The first-order valence-electron chi connectivity index (χ1n) is 10.4. The molecule has 0 aliphatic carbocycles. The van der Waals surface area contributed by atoms with Gasteiger partial charge in [-0.05, 0) is 60.3 Å². The summed E-state index contributed by atoms with van der Waals surface area (Å²) in [6.45, 7) is 1.84. The number of hydrogen-bond donors (Lipinski definition) is 0. The molecule has 6 nitrogen and oxygen atoms in total. The molecule has 0 spiro atoms. The molecule has 3 aromatic rings. The maximum atomic E-state index is 15.6. The number of benzene rings is 2. The third-order valence-corrected chi connectivity index (χ3v) is 6.30. The molecule has 1 unspecified atom stereocenters. The summed E-state index contributed by atoms with van der Waals surface area (Å²) in [5.41, 5.74) is 1.49. The lowest BCUT2D eigenvalue weighted by atomic mass is 9.97. The molecule has 0 saturated heterocycles. The van der Waals surface area contributed by atoms with E-state index >= 15 is 8.78 Å². The number of hydrogen-bond acceptors (Lipinski definition) is 6.